The van der Waals surface area contributed by atoms with Crippen molar-refractivity contribution in [2.75, 3.05) is 31.4 Å². The summed E-state index contributed by atoms with van der Waals surface area (Å²) >= 11 is 8.16. The molecule has 1 aromatic rings. The molecule has 1 unspecified atom stereocenters. The molecule has 13 nitrogen and oxygen atoms in total. The van der Waals surface area contributed by atoms with E-state index in [9.17, 15) is 34.5 Å². The summed E-state index contributed by atoms with van der Waals surface area (Å²) in [6.45, 7) is 9.99. The molecule has 4 rings (SSSR count). The van der Waals surface area contributed by atoms with Gasteiger partial charge in [0.05, 0.1) is 42.2 Å². The molecule has 2 saturated heterocycles. The largest absolute Gasteiger partial charge is 0.457 e. The molecule has 1 aromatic carbocycles. The average molecular weight is 766 g/mol. The number of thioether (sulfide) groups is 1. The zero-order chi connectivity index (χ0) is 38.7. The van der Waals surface area contributed by atoms with Gasteiger partial charge in [0.2, 0.25) is 11.8 Å². The van der Waals surface area contributed by atoms with E-state index >= 15 is 0 Å². The number of esters is 1. The fraction of sp³-hybridized carbons (Fsp3) is 0.622. The van der Waals surface area contributed by atoms with Gasteiger partial charge in [-0.15, -0.1) is 11.8 Å². The Morgan fingerprint density at radius 3 is 2.56 bits per heavy atom. The van der Waals surface area contributed by atoms with Crippen LogP contribution in [0.2, 0.25) is 5.02 Å². The lowest BCUT2D eigenvalue weighted by atomic mass is 9.81. The lowest BCUT2D eigenvalue weighted by Gasteiger charge is -2.42. The SMILES string of the molecule is C/C1=C\C=C\[C@@H](CO)[C@@]2(O)CC(OC(=O)N2)[C@@H](C)[C@@H]2O[C@@]2(C)[C@@H](OC(=O)[C@H](C)N(C)C(=O)CSC(C)C)CC(=O)N(C)c2cc(cc(CO)c2Cl)C1. The van der Waals surface area contributed by atoms with Gasteiger partial charge in [-0.25, -0.2) is 9.59 Å². The summed E-state index contributed by atoms with van der Waals surface area (Å²) in [5, 5.41) is 35.0. The Balaban J connectivity index is 1.75. The van der Waals surface area contributed by atoms with E-state index in [0.29, 0.717) is 17.7 Å². The number of hydrogen-bond acceptors (Lipinski definition) is 11. The van der Waals surface area contributed by atoms with Crippen LogP contribution in [0.1, 0.15) is 65.5 Å². The van der Waals surface area contributed by atoms with Gasteiger partial charge in [0, 0.05) is 32.4 Å². The monoisotopic (exact) mass is 765 g/mol. The molecular formula is C37H52ClN3O10S. The van der Waals surface area contributed by atoms with Crippen LogP contribution >= 0.6 is 23.4 Å². The number of rotatable bonds is 8. The number of epoxide rings is 1. The normalized spacial score (nSPS) is 31.8. The Morgan fingerprint density at radius 1 is 1.23 bits per heavy atom. The summed E-state index contributed by atoms with van der Waals surface area (Å²) in [6, 6.07) is 2.52. The van der Waals surface area contributed by atoms with Gasteiger partial charge in [-0.2, -0.15) is 0 Å². The fourth-order valence-corrected chi connectivity index (χ4v) is 7.62. The highest BCUT2D eigenvalue weighted by Crippen LogP contribution is 2.49. The maximum Gasteiger partial charge on any atom is 0.409 e. The number of ether oxygens (including phenoxy) is 3. The van der Waals surface area contributed by atoms with Gasteiger partial charge >= 0.3 is 12.1 Å². The number of hydrogen-bond donors (Lipinski definition) is 4. The first-order chi connectivity index (χ1) is 24.3. The van der Waals surface area contributed by atoms with Gasteiger partial charge in [0.1, 0.15) is 23.9 Å². The second-order valence-corrected chi connectivity index (χ2v) is 16.5. The molecule has 0 aliphatic carbocycles. The fourth-order valence-electron chi connectivity index (χ4n) is 6.65. The number of nitrogens with one attached hydrogen (secondary N) is 1. The lowest BCUT2D eigenvalue weighted by Crippen LogP contribution is -2.62. The first-order valence-electron chi connectivity index (χ1n) is 17.4. The van der Waals surface area contributed by atoms with E-state index in [0.717, 1.165) is 11.1 Å². The molecule has 0 radical (unpaired) electrons. The number of aliphatic hydroxyl groups is 3. The van der Waals surface area contributed by atoms with Gasteiger partial charge in [-0.1, -0.05) is 62.2 Å². The molecule has 3 heterocycles. The predicted molar refractivity (Wildman–Crippen MR) is 198 cm³/mol. The lowest BCUT2D eigenvalue weighted by molar-refractivity contribution is -0.161. The quantitative estimate of drug-likeness (QED) is 0.224. The van der Waals surface area contributed by atoms with Crippen LogP contribution in [0, 0.1) is 11.8 Å². The summed E-state index contributed by atoms with van der Waals surface area (Å²) in [5.41, 5.74) is -0.696. The third kappa shape index (κ3) is 9.31. The maximum atomic E-state index is 14.1. The van der Waals surface area contributed by atoms with Crippen LogP contribution in [0.3, 0.4) is 0 Å². The first-order valence-corrected chi connectivity index (χ1v) is 18.9. The predicted octanol–water partition coefficient (Wildman–Crippen LogP) is 3.73. The number of aliphatic hydroxyl groups excluding tert-OH is 2. The molecule has 0 aromatic heterocycles. The van der Waals surface area contributed by atoms with Crippen LogP contribution in [0.25, 0.3) is 0 Å². The Hall–Kier alpha value is -3.14. The molecule has 52 heavy (non-hydrogen) atoms. The van der Waals surface area contributed by atoms with E-state index in [1.165, 1.54) is 28.6 Å². The average Bonchev–Trinajstić information content (AvgIpc) is 3.79. The summed E-state index contributed by atoms with van der Waals surface area (Å²) in [5.74, 6) is -2.73. The Kier molecular flexibility index (Phi) is 13.5. The number of nitrogens with zero attached hydrogens (tertiary/aromatic N) is 2. The van der Waals surface area contributed by atoms with Crippen molar-refractivity contribution >= 4 is 52.9 Å². The third-order valence-electron chi connectivity index (χ3n) is 10.3. The molecule has 3 amide bonds. The molecule has 0 spiro atoms. The summed E-state index contributed by atoms with van der Waals surface area (Å²) < 4.78 is 17.9. The van der Waals surface area contributed by atoms with E-state index in [-0.39, 0.29) is 41.4 Å². The molecule has 4 N–H and O–H groups in total. The molecule has 15 heteroatoms. The maximum absolute atomic E-state index is 14.1. The van der Waals surface area contributed by atoms with Crippen LogP contribution < -0.4 is 10.2 Å². The Bertz CT molecular complexity index is 1590. The van der Waals surface area contributed by atoms with Crippen molar-refractivity contribution in [3.63, 3.8) is 0 Å². The van der Waals surface area contributed by atoms with Gasteiger partial charge in [-0.3, -0.25) is 14.9 Å². The van der Waals surface area contributed by atoms with Gasteiger partial charge in [0.15, 0.2) is 5.72 Å². The van der Waals surface area contributed by atoms with Crippen molar-refractivity contribution in [3.8, 4) is 0 Å². The number of benzene rings is 1. The molecule has 2 fully saturated rings. The molecule has 4 bridgehead atoms. The highest BCUT2D eigenvalue weighted by Gasteiger charge is 2.64. The van der Waals surface area contributed by atoms with E-state index < -0.39 is 72.1 Å². The standard InChI is InChI=1S/C37H52ClN3O10S/c1-20(2)52-19-31(45)40(7)23(5)34(46)50-29-15-30(44)41(8)27-14-24(13-25(17-42)32(27)38)12-21(3)10-9-11-26(18-43)37(48)16-28(49-35(47)39-37)22(4)33-36(29,6)51-33/h9-11,13-14,20,22-23,26,28-29,33,42-43,48H,12,15-19H2,1-8H3,(H,39,47)/b11-9+,21-10+/t22-,23+,26+,28?,29+,33+,36+,37+/m1/s1. The van der Waals surface area contributed by atoms with Crippen LogP contribution in [-0.2, 0) is 41.6 Å². The first kappa shape index (κ1) is 41.6. The summed E-state index contributed by atoms with van der Waals surface area (Å²) in [7, 11) is 3.07. The topological polar surface area (TPSA) is 178 Å². The number of likely N-dealkylation sites (N-methyl/N-ethyl adjacent to an activating group) is 1. The molecule has 0 saturated carbocycles. The number of carbonyl (C=O) groups is 4. The second-order valence-electron chi connectivity index (χ2n) is 14.5. The zero-order valence-corrected chi connectivity index (χ0v) is 32.6. The smallest absolute Gasteiger partial charge is 0.409 e. The van der Waals surface area contributed by atoms with E-state index in [1.54, 1.807) is 58.2 Å². The second kappa shape index (κ2) is 16.9. The molecule has 3 aliphatic heterocycles. The van der Waals surface area contributed by atoms with Crippen LogP contribution in [0.5, 0.6) is 0 Å². The van der Waals surface area contributed by atoms with Gasteiger partial charge in [0.25, 0.3) is 0 Å². The van der Waals surface area contributed by atoms with E-state index in [1.807, 2.05) is 20.8 Å². The molecular weight excluding hydrogens is 714 g/mol. The van der Waals surface area contributed by atoms with E-state index in [2.05, 4.69) is 5.32 Å². The number of allylic oxidation sites excluding steroid dienone is 3. The number of alkyl carbamates (subject to hydrolysis) is 1. The number of halogens is 1. The van der Waals surface area contributed by atoms with Gasteiger partial charge < -0.3 is 39.3 Å². The molecule has 8 atom stereocenters. The number of anilines is 1. The number of amides is 3. The molecule has 3 aliphatic rings. The van der Waals surface area contributed by atoms with Crippen molar-refractivity contribution in [1.29, 1.82) is 0 Å². The Morgan fingerprint density at radius 2 is 1.92 bits per heavy atom. The molecule has 288 valence electrons. The van der Waals surface area contributed by atoms with Crippen LogP contribution in [0.4, 0.5) is 10.5 Å². The minimum atomic E-state index is -1.86. The highest BCUT2D eigenvalue weighted by molar-refractivity contribution is 8.00. The van der Waals surface area contributed by atoms with Crippen molar-refractivity contribution < 1.29 is 48.7 Å². The van der Waals surface area contributed by atoms with Crippen molar-refractivity contribution in [2.24, 2.45) is 11.8 Å². The van der Waals surface area contributed by atoms with Crippen LogP contribution in [0.15, 0.2) is 35.9 Å². The number of carbonyl (C=O) groups excluding carboxylic acids is 4. The summed E-state index contributed by atoms with van der Waals surface area (Å²) in [4.78, 5) is 56.1. The van der Waals surface area contributed by atoms with Crippen LogP contribution in [-0.4, -0.2) is 111 Å². The number of fused-ring (bicyclic) bond motifs is 5. The minimum absolute atomic E-state index is 0.0904. The van der Waals surface area contributed by atoms with Crippen molar-refractivity contribution in [2.45, 2.75) is 108 Å². The summed E-state index contributed by atoms with van der Waals surface area (Å²) in [6.07, 6.45) is 1.50. The zero-order valence-electron chi connectivity index (χ0n) is 31.1. The van der Waals surface area contributed by atoms with E-state index in [4.69, 9.17) is 25.8 Å². The highest BCUT2D eigenvalue weighted by atomic mass is 35.5. The minimum Gasteiger partial charge on any atom is -0.457 e. The third-order valence-corrected chi connectivity index (χ3v) is 11.8. The Labute approximate surface area is 314 Å². The van der Waals surface area contributed by atoms with Gasteiger partial charge in [-0.05, 0) is 49.6 Å². The van der Waals surface area contributed by atoms with Crippen molar-refractivity contribution in [3.05, 3.63) is 52.1 Å². The van der Waals surface area contributed by atoms with Crippen molar-refractivity contribution in [1.82, 2.24) is 10.2 Å².